The first kappa shape index (κ1) is 19.9. The van der Waals surface area contributed by atoms with Gasteiger partial charge in [-0.15, -0.1) is 0 Å². The second-order valence-corrected chi connectivity index (χ2v) is 9.17. The van der Waals surface area contributed by atoms with E-state index >= 15 is 0 Å². The van der Waals surface area contributed by atoms with Gasteiger partial charge in [0.2, 0.25) is 5.91 Å². The normalized spacial score (nSPS) is 15.9. The monoisotopic (exact) mass is 405 g/mol. The van der Waals surface area contributed by atoms with E-state index in [4.69, 9.17) is 9.97 Å². The molecule has 4 nitrogen and oxygen atoms in total. The van der Waals surface area contributed by atoms with E-state index in [-0.39, 0.29) is 11.2 Å². The Morgan fingerprint density at radius 2 is 1.83 bits per heavy atom. The van der Waals surface area contributed by atoms with E-state index < -0.39 is 0 Å². The minimum absolute atomic E-state index is 0.0996. The van der Waals surface area contributed by atoms with Crippen LogP contribution in [-0.4, -0.2) is 27.2 Å². The van der Waals surface area contributed by atoms with Crippen LogP contribution in [0.2, 0.25) is 0 Å². The van der Waals surface area contributed by atoms with Crippen LogP contribution in [0.15, 0.2) is 53.6 Å². The molecule has 0 saturated heterocycles. The van der Waals surface area contributed by atoms with Gasteiger partial charge in [0.15, 0.2) is 5.82 Å². The summed E-state index contributed by atoms with van der Waals surface area (Å²) in [6, 6.07) is 16.5. The topological polar surface area (TPSA) is 54.9 Å². The van der Waals surface area contributed by atoms with E-state index in [0.29, 0.717) is 11.9 Å². The standard InChI is InChI=1S/C24H27N3OS/c1-16-13-14-21-20(15-16)24(27-22(26-21)18-9-5-3-6-10-18)29-17(2)23(28)25-19-11-7-4-8-12-19/h3,5-6,9-10,13-15,17,19H,4,7-8,11-12H2,1-2H3,(H,25,28). The van der Waals surface area contributed by atoms with Gasteiger partial charge in [-0.2, -0.15) is 0 Å². The van der Waals surface area contributed by atoms with Gasteiger partial charge in [0.1, 0.15) is 5.03 Å². The van der Waals surface area contributed by atoms with E-state index in [1.807, 2.05) is 43.3 Å². The summed E-state index contributed by atoms with van der Waals surface area (Å²) in [6.45, 7) is 4.03. The first-order valence-electron chi connectivity index (χ1n) is 10.4. The molecule has 1 heterocycles. The first-order valence-corrected chi connectivity index (χ1v) is 11.3. The maximum absolute atomic E-state index is 12.8. The van der Waals surface area contributed by atoms with Crippen molar-refractivity contribution in [1.29, 1.82) is 0 Å². The number of thioether (sulfide) groups is 1. The van der Waals surface area contributed by atoms with Crippen LogP contribution in [0.1, 0.15) is 44.6 Å². The summed E-state index contributed by atoms with van der Waals surface area (Å²) in [7, 11) is 0. The van der Waals surface area contributed by atoms with E-state index in [0.717, 1.165) is 39.9 Å². The Hall–Kier alpha value is -2.40. The lowest BCUT2D eigenvalue weighted by atomic mass is 9.95. The van der Waals surface area contributed by atoms with E-state index in [1.165, 1.54) is 31.0 Å². The summed E-state index contributed by atoms with van der Waals surface area (Å²) in [5.41, 5.74) is 3.05. The second kappa shape index (κ2) is 8.95. The number of aromatic nitrogens is 2. The molecule has 3 aromatic rings. The van der Waals surface area contributed by atoms with Crippen LogP contribution in [0.3, 0.4) is 0 Å². The van der Waals surface area contributed by atoms with E-state index in [1.54, 1.807) is 0 Å². The fraction of sp³-hybridized carbons (Fsp3) is 0.375. The van der Waals surface area contributed by atoms with Crippen molar-refractivity contribution in [1.82, 2.24) is 15.3 Å². The number of carbonyl (C=O) groups excluding carboxylic acids is 1. The van der Waals surface area contributed by atoms with Gasteiger partial charge >= 0.3 is 0 Å². The molecule has 1 atom stereocenters. The Kier molecular flexibility index (Phi) is 6.14. The summed E-state index contributed by atoms with van der Waals surface area (Å²) in [6.07, 6.45) is 5.89. The summed E-state index contributed by atoms with van der Waals surface area (Å²) in [4.78, 5) is 22.4. The molecular formula is C24H27N3OS. The molecular weight excluding hydrogens is 378 g/mol. The number of fused-ring (bicyclic) bond motifs is 1. The average Bonchev–Trinajstić information content (AvgIpc) is 2.75. The number of nitrogens with one attached hydrogen (secondary N) is 1. The predicted molar refractivity (Wildman–Crippen MR) is 120 cm³/mol. The fourth-order valence-corrected chi connectivity index (χ4v) is 4.75. The van der Waals surface area contributed by atoms with E-state index in [2.05, 4.69) is 24.4 Å². The molecule has 1 saturated carbocycles. The molecule has 1 fully saturated rings. The van der Waals surface area contributed by atoms with E-state index in [9.17, 15) is 4.79 Å². The second-order valence-electron chi connectivity index (χ2n) is 7.84. The van der Waals surface area contributed by atoms with Crippen molar-refractivity contribution in [3.8, 4) is 11.4 Å². The van der Waals surface area contributed by atoms with Crippen molar-refractivity contribution in [2.45, 2.75) is 62.3 Å². The number of benzene rings is 2. The Morgan fingerprint density at radius 3 is 2.59 bits per heavy atom. The SMILES string of the molecule is Cc1ccc2nc(-c3ccccc3)nc(SC(C)C(=O)NC3CCCCC3)c2c1. The fourth-order valence-electron chi connectivity index (χ4n) is 3.81. The predicted octanol–water partition coefficient (Wildman–Crippen LogP) is 5.53. The zero-order chi connectivity index (χ0) is 20.2. The molecule has 1 unspecified atom stereocenters. The Morgan fingerprint density at radius 1 is 1.07 bits per heavy atom. The lowest BCUT2D eigenvalue weighted by Gasteiger charge is -2.24. The van der Waals surface area contributed by atoms with Gasteiger partial charge in [0, 0.05) is 17.0 Å². The number of nitrogens with zero attached hydrogens (tertiary/aromatic N) is 2. The molecule has 0 bridgehead atoms. The molecule has 1 N–H and O–H groups in total. The zero-order valence-corrected chi connectivity index (χ0v) is 17.8. The van der Waals surface area contributed by atoms with Crippen molar-refractivity contribution in [3.63, 3.8) is 0 Å². The maximum atomic E-state index is 12.8. The van der Waals surface area contributed by atoms with Gasteiger partial charge in [-0.3, -0.25) is 4.79 Å². The van der Waals surface area contributed by atoms with Crippen molar-refractivity contribution in [2.75, 3.05) is 0 Å². The van der Waals surface area contributed by atoms with Crippen LogP contribution >= 0.6 is 11.8 Å². The highest BCUT2D eigenvalue weighted by Crippen LogP contribution is 2.32. The molecule has 5 heteroatoms. The molecule has 4 rings (SSSR count). The van der Waals surface area contributed by atoms with Crippen LogP contribution in [0.25, 0.3) is 22.3 Å². The van der Waals surface area contributed by atoms with Gasteiger partial charge in [0.25, 0.3) is 0 Å². The third-order valence-corrected chi connectivity index (χ3v) is 6.56. The third-order valence-electron chi connectivity index (χ3n) is 5.46. The van der Waals surface area contributed by atoms with Crippen LogP contribution in [0, 0.1) is 6.92 Å². The number of amides is 1. The lowest BCUT2D eigenvalue weighted by molar-refractivity contribution is -0.121. The number of aryl methyl sites for hydroxylation is 1. The Labute approximate surface area is 176 Å². The van der Waals surface area contributed by atoms with Crippen LogP contribution in [0.4, 0.5) is 0 Å². The number of rotatable bonds is 5. The number of hydrogen-bond donors (Lipinski definition) is 1. The molecule has 29 heavy (non-hydrogen) atoms. The molecule has 0 aliphatic heterocycles. The Bertz CT molecular complexity index is 1000. The van der Waals surface area contributed by atoms with Gasteiger partial charge < -0.3 is 5.32 Å². The highest BCUT2D eigenvalue weighted by Gasteiger charge is 2.22. The highest BCUT2D eigenvalue weighted by atomic mass is 32.2. The van der Waals surface area contributed by atoms with Crippen LogP contribution < -0.4 is 5.32 Å². The Balaban J connectivity index is 1.62. The average molecular weight is 406 g/mol. The smallest absolute Gasteiger partial charge is 0.233 e. The molecule has 0 spiro atoms. The molecule has 1 aromatic heterocycles. The van der Waals surface area contributed by atoms with Crippen molar-refractivity contribution in [3.05, 3.63) is 54.1 Å². The molecule has 1 aliphatic rings. The van der Waals surface area contributed by atoms with Gasteiger partial charge in [0.05, 0.1) is 10.8 Å². The summed E-state index contributed by atoms with van der Waals surface area (Å²) < 4.78 is 0. The van der Waals surface area contributed by atoms with Gasteiger partial charge in [-0.05, 0) is 38.8 Å². The molecule has 0 radical (unpaired) electrons. The van der Waals surface area contributed by atoms with Crippen molar-refractivity contribution >= 4 is 28.6 Å². The number of carbonyl (C=O) groups is 1. The third kappa shape index (κ3) is 4.78. The van der Waals surface area contributed by atoms with Gasteiger partial charge in [-0.25, -0.2) is 9.97 Å². The number of hydrogen-bond acceptors (Lipinski definition) is 4. The molecule has 1 amide bonds. The van der Waals surface area contributed by atoms with Crippen LogP contribution in [0.5, 0.6) is 0 Å². The summed E-state index contributed by atoms with van der Waals surface area (Å²) in [5, 5.41) is 4.90. The molecule has 150 valence electrons. The van der Waals surface area contributed by atoms with Crippen molar-refractivity contribution in [2.24, 2.45) is 0 Å². The quantitative estimate of drug-likeness (QED) is 0.448. The highest BCUT2D eigenvalue weighted by molar-refractivity contribution is 8.00. The lowest BCUT2D eigenvalue weighted by Crippen LogP contribution is -2.40. The molecule has 1 aliphatic carbocycles. The summed E-state index contributed by atoms with van der Waals surface area (Å²) >= 11 is 1.52. The maximum Gasteiger partial charge on any atom is 0.233 e. The first-order chi connectivity index (χ1) is 14.1. The van der Waals surface area contributed by atoms with Crippen LogP contribution in [-0.2, 0) is 4.79 Å². The minimum atomic E-state index is -0.209. The summed E-state index contributed by atoms with van der Waals surface area (Å²) in [5.74, 6) is 0.798. The zero-order valence-electron chi connectivity index (χ0n) is 17.0. The largest absolute Gasteiger partial charge is 0.352 e. The minimum Gasteiger partial charge on any atom is -0.352 e. The molecule has 2 aromatic carbocycles. The van der Waals surface area contributed by atoms with Crippen molar-refractivity contribution < 1.29 is 4.79 Å². The van der Waals surface area contributed by atoms with Gasteiger partial charge in [-0.1, -0.05) is 73.0 Å².